The molecule has 0 aromatic heterocycles. The van der Waals surface area contributed by atoms with Gasteiger partial charge in [0.25, 0.3) is 0 Å². The van der Waals surface area contributed by atoms with Crippen molar-refractivity contribution in [2.75, 3.05) is 26.4 Å². The molecular formula is C35H58O6P2. The van der Waals surface area contributed by atoms with Gasteiger partial charge in [-0.1, -0.05) is 109 Å². The van der Waals surface area contributed by atoms with E-state index in [-0.39, 0.29) is 37.9 Å². The first-order chi connectivity index (χ1) is 19.5. The third-order valence-corrected chi connectivity index (χ3v) is 12.4. The summed E-state index contributed by atoms with van der Waals surface area (Å²) < 4.78 is 37.6. The fourth-order valence-electron chi connectivity index (χ4n) is 5.57. The highest BCUT2D eigenvalue weighted by Gasteiger charge is 2.47. The average molecular weight is 637 g/mol. The van der Waals surface area contributed by atoms with Crippen molar-refractivity contribution in [3.05, 3.63) is 47.0 Å². The zero-order valence-electron chi connectivity index (χ0n) is 29.4. The molecule has 2 heterocycles. The Morgan fingerprint density at radius 3 is 1.12 bits per heavy atom. The lowest BCUT2D eigenvalue weighted by Crippen LogP contribution is -2.44. The third-order valence-electron chi connectivity index (χ3n) is 10.4. The Balaban J connectivity index is 1.36. The van der Waals surface area contributed by atoms with Crippen LogP contribution in [-0.4, -0.2) is 26.4 Å². The van der Waals surface area contributed by atoms with Crippen molar-refractivity contribution in [2.24, 2.45) is 37.9 Å². The number of hydrogen-bond acceptors (Lipinski definition) is 6. The molecule has 244 valence electrons. The van der Waals surface area contributed by atoms with E-state index >= 15 is 0 Å². The van der Waals surface area contributed by atoms with Crippen LogP contribution in [-0.2, 0) is 27.1 Å². The summed E-state index contributed by atoms with van der Waals surface area (Å²) in [5.74, 6) is 1.77. The molecule has 0 aromatic carbocycles. The second-order valence-electron chi connectivity index (χ2n) is 17.8. The predicted octanol–water partition coefficient (Wildman–Crippen LogP) is 11.2. The van der Waals surface area contributed by atoms with Crippen LogP contribution in [0.2, 0.25) is 0 Å². The largest absolute Gasteiger partial charge is 0.427 e. The molecule has 2 unspecified atom stereocenters. The molecule has 0 N–H and O–H groups in total. The van der Waals surface area contributed by atoms with E-state index in [0.29, 0.717) is 26.4 Å². The van der Waals surface area contributed by atoms with Gasteiger partial charge >= 0.3 is 17.2 Å². The fraction of sp³-hybridized carbons (Fsp3) is 0.771. The minimum absolute atomic E-state index is 0.0254. The van der Waals surface area contributed by atoms with Crippen molar-refractivity contribution in [3.63, 3.8) is 0 Å². The molecular weight excluding hydrogens is 578 g/mol. The third kappa shape index (κ3) is 7.64. The second-order valence-corrected chi connectivity index (χ2v) is 20.1. The van der Waals surface area contributed by atoms with E-state index < -0.39 is 17.2 Å². The van der Waals surface area contributed by atoms with Crippen molar-refractivity contribution >= 4 is 17.2 Å². The second kappa shape index (κ2) is 11.8. The van der Waals surface area contributed by atoms with Gasteiger partial charge in [-0.3, -0.25) is 0 Å². The summed E-state index contributed by atoms with van der Waals surface area (Å²) in [6, 6.07) is 0. The summed E-state index contributed by atoms with van der Waals surface area (Å²) in [6.45, 7) is 33.9. The highest BCUT2D eigenvalue weighted by molar-refractivity contribution is 7.42. The van der Waals surface area contributed by atoms with Gasteiger partial charge in [-0.25, -0.2) is 0 Å². The zero-order chi connectivity index (χ0) is 32.3. The molecule has 2 fully saturated rings. The van der Waals surface area contributed by atoms with Gasteiger partial charge in [-0.2, -0.15) is 0 Å². The van der Waals surface area contributed by atoms with Crippen LogP contribution in [0.15, 0.2) is 47.0 Å². The van der Waals surface area contributed by atoms with E-state index in [0.717, 1.165) is 24.4 Å². The molecule has 43 heavy (non-hydrogen) atoms. The van der Waals surface area contributed by atoms with Crippen LogP contribution in [0.25, 0.3) is 0 Å². The molecule has 0 amide bonds. The van der Waals surface area contributed by atoms with Crippen molar-refractivity contribution in [1.29, 1.82) is 0 Å². The van der Waals surface area contributed by atoms with Crippen LogP contribution >= 0.6 is 17.2 Å². The van der Waals surface area contributed by atoms with Gasteiger partial charge in [0.15, 0.2) is 0 Å². The molecule has 4 rings (SSSR count). The number of hydrogen-bond donors (Lipinski definition) is 0. The molecule has 2 saturated heterocycles. The highest BCUT2D eigenvalue weighted by atomic mass is 31.2. The smallest absolute Gasteiger partial charge is 0.397 e. The van der Waals surface area contributed by atoms with Gasteiger partial charge in [0.2, 0.25) is 0 Å². The van der Waals surface area contributed by atoms with E-state index in [9.17, 15) is 0 Å². The normalized spacial score (nSPS) is 34.7. The van der Waals surface area contributed by atoms with Crippen molar-refractivity contribution < 1.29 is 27.1 Å². The SMILES string of the molecule is CC(C)(C)C1=C(OP2OCC3(CO2)COP(OC2=C(C(C)(C)C)CC(C)(C(C)(C)C)C=C2)OC3)C=CC(C)(C(C)(C)C)C1. The van der Waals surface area contributed by atoms with Gasteiger partial charge in [0, 0.05) is 0 Å². The monoisotopic (exact) mass is 636 g/mol. The maximum atomic E-state index is 6.41. The Labute approximate surface area is 265 Å². The first-order valence-electron chi connectivity index (χ1n) is 15.8. The lowest BCUT2D eigenvalue weighted by molar-refractivity contribution is -0.0718. The Kier molecular flexibility index (Phi) is 9.64. The Bertz CT molecular complexity index is 1060. The van der Waals surface area contributed by atoms with Crippen molar-refractivity contribution in [1.82, 2.24) is 0 Å². The molecule has 4 aliphatic rings. The number of rotatable bonds is 4. The van der Waals surface area contributed by atoms with E-state index in [4.69, 9.17) is 27.1 Å². The molecule has 0 saturated carbocycles. The van der Waals surface area contributed by atoms with E-state index in [1.165, 1.54) is 11.1 Å². The van der Waals surface area contributed by atoms with Crippen LogP contribution in [0.5, 0.6) is 0 Å². The standard InChI is InChI=1S/C35H58O6P2/c1-29(2,3)25-19-33(13,31(7,8)9)17-15-27(25)40-42-36-21-35(22-37-42)23-38-43(39-24-35)41-28-16-18-34(14,32(10,11)12)20-26(28)30(4,5)6/h15-18H,19-24H2,1-14H3. The molecule has 0 bridgehead atoms. The molecule has 2 aliphatic heterocycles. The fourth-order valence-corrected chi connectivity index (χ4v) is 8.11. The molecule has 2 aliphatic carbocycles. The first-order valence-corrected chi connectivity index (χ1v) is 18.0. The summed E-state index contributed by atoms with van der Waals surface area (Å²) in [5.41, 5.74) is 2.56. The lowest BCUT2D eigenvalue weighted by atomic mass is 9.60. The average Bonchev–Trinajstić information content (AvgIpc) is 2.86. The minimum atomic E-state index is -1.50. The van der Waals surface area contributed by atoms with Crippen molar-refractivity contribution in [2.45, 2.75) is 110 Å². The maximum absolute atomic E-state index is 6.41. The Morgan fingerprint density at radius 1 is 0.558 bits per heavy atom. The molecule has 6 nitrogen and oxygen atoms in total. The summed E-state index contributed by atoms with van der Waals surface area (Å²) in [5, 5.41) is 0. The predicted molar refractivity (Wildman–Crippen MR) is 178 cm³/mol. The van der Waals surface area contributed by atoms with Crippen LogP contribution in [0.3, 0.4) is 0 Å². The van der Waals surface area contributed by atoms with Crippen LogP contribution in [0.1, 0.15) is 110 Å². The van der Waals surface area contributed by atoms with Gasteiger partial charge < -0.3 is 27.1 Å². The van der Waals surface area contributed by atoms with Gasteiger partial charge in [0.05, 0.1) is 31.8 Å². The zero-order valence-corrected chi connectivity index (χ0v) is 31.2. The maximum Gasteiger partial charge on any atom is 0.397 e. The summed E-state index contributed by atoms with van der Waals surface area (Å²) >= 11 is 0. The van der Waals surface area contributed by atoms with Crippen LogP contribution < -0.4 is 0 Å². The quantitative estimate of drug-likeness (QED) is 0.286. The number of allylic oxidation sites excluding steroid dienone is 6. The molecule has 0 aromatic rings. The Hall–Kier alpha value is -0.740. The molecule has 8 heteroatoms. The van der Waals surface area contributed by atoms with Gasteiger partial charge in [0.1, 0.15) is 11.5 Å². The van der Waals surface area contributed by atoms with Crippen molar-refractivity contribution in [3.8, 4) is 0 Å². The first kappa shape index (κ1) is 35.1. The van der Waals surface area contributed by atoms with E-state index in [1.54, 1.807) is 0 Å². The minimum Gasteiger partial charge on any atom is -0.427 e. The lowest BCUT2D eigenvalue weighted by Gasteiger charge is -2.46. The van der Waals surface area contributed by atoms with Gasteiger partial charge in [-0.05, 0) is 68.6 Å². The summed E-state index contributed by atoms with van der Waals surface area (Å²) in [6.07, 6.45) is 10.8. The van der Waals surface area contributed by atoms with Gasteiger partial charge in [-0.15, -0.1) is 0 Å². The Morgan fingerprint density at radius 2 is 0.860 bits per heavy atom. The molecule has 1 spiro atoms. The molecule has 2 atom stereocenters. The van der Waals surface area contributed by atoms with E-state index in [1.807, 2.05) is 0 Å². The summed E-state index contributed by atoms with van der Waals surface area (Å²) in [4.78, 5) is 0. The van der Waals surface area contributed by atoms with Crippen LogP contribution in [0, 0.1) is 37.9 Å². The van der Waals surface area contributed by atoms with E-state index in [2.05, 4.69) is 121 Å². The summed E-state index contributed by atoms with van der Waals surface area (Å²) in [7, 11) is -3.01. The topological polar surface area (TPSA) is 55.4 Å². The van der Waals surface area contributed by atoms with Crippen LogP contribution in [0.4, 0.5) is 0 Å². The molecule has 0 radical (unpaired) electrons. The highest BCUT2D eigenvalue weighted by Crippen LogP contribution is 2.59.